The van der Waals surface area contributed by atoms with Crippen LogP contribution in [-0.4, -0.2) is 42.4 Å². The van der Waals surface area contributed by atoms with Crippen molar-refractivity contribution in [3.05, 3.63) is 10.6 Å². The fourth-order valence-electron chi connectivity index (χ4n) is 2.30. The number of carbonyl (C=O) groups is 1. The summed E-state index contributed by atoms with van der Waals surface area (Å²) in [6.07, 6.45) is 2.40. The molecule has 1 aliphatic rings. The Bertz CT molecular complexity index is 487. The summed E-state index contributed by atoms with van der Waals surface area (Å²) in [7, 11) is 1.94. The molecule has 5 nitrogen and oxygen atoms in total. The highest BCUT2D eigenvalue weighted by atomic mass is 32.1. The first-order chi connectivity index (χ1) is 9.29. The van der Waals surface area contributed by atoms with Crippen molar-refractivity contribution in [1.29, 1.82) is 0 Å². The van der Waals surface area contributed by atoms with Crippen LogP contribution in [0.25, 0.3) is 0 Å². The number of hydrogen-bond donors (Lipinski definition) is 1. The van der Waals surface area contributed by atoms with Crippen molar-refractivity contribution in [1.82, 2.24) is 4.98 Å². The zero-order valence-electron chi connectivity index (χ0n) is 12.5. The van der Waals surface area contributed by atoms with Crippen LogP contribution in [-0.2, 0) is 10.2 Å². The van der Waals surface area contributed by atoms with E-state index in [1.807, 2.05) is 32.7 Å². The lowest BCUT2D eigenvalue weighted by Crippen LogP contribution is -2.28. The van der Waals surface area contributed by atoms with Gasteiger partial charge in [0.25, 0.3) is 0 Å². The Labute approximate surface area is 123 Å². The maximum absolute atomic E-state index is 11.4. The SMILES string of the molecule is CN(CC1CCCO1)c1nc(C(C)(C)C)c(C(=O)O)s1. The summed E-state index contributed by atoms with van der Waals surface area (Å²) in [4.78, 5) is 18.3. The topological polar surface area (TPSA) is 62.7 Å². The second kappa shape index (κ2) is 5.69. The summed E-state index contributed by atoms with van der Waals surface area (Å²) >= 11 is 1.25. The predicted octanol–water partition coefficient (Wildman–Crippen LogP) is 2.75. The average Bonchev–Trinajstić information content (AvgIpc) is 2.95. The first-order valence-electron chi connectivity index (χ1n) is 6.86. The summed E-state index contributed by atoms with van der Waals surface area (Å²) in [5.41, 5.74) is 0.386. The average molecular weight is 298 g/mol. The molecular formula is C14H22N2O3S. The highest BCUT2D eigenvalue weighted by molar-refractivity contribution is 7.17. The number of thiazole rings is 1. The second-order valence-corrected chi connectivity index (χ2v) is 7.22. The standard InChI is InChI=1S/C14H22N2O3S/c1-14(2,3)11-10(12(17)18)20-13(15-11)16(4)8-9-6-5-7-19-9/h9H,5-8H2,1-4H3,(H,17,18). The molecule has 0 amide bonds. The third-order valence-electron chi connectivity index (χ3n) is 3.35. The van der Waals surface area contributed by atoms with Gasteiger partial charge in [0.2, 0.25) is 0 Å². The number of aromatic carboxylic acids is 1. The fourth-order valence-corrected chi connectivity index (χ4v) is 3.38. The highest BCUT2D eigenvalue weighted by Gasteiger charge is 2.28. The Morgan fingerprint density at radius 2 is 2.25 bits per heavy atom. The molecule has 0 bridgehead atoms. The van der Waals surface area contributed by atoms with Crippen LogP contribution in [0.15, 0.2) is 0 Å². The minimum absolute atomic E-state index is 0.232. The van der Waals surface area contributed by atoms with E-state index in [9.17, 15) is 9.90 Å². The van der Waals surface area contributed by atoms with Gasteiger partial charge in [-0.1, -0.05) is 32.1 Å². The molecule has 0 aromatic carbocycles. The Morgan fingerprint density at radius 3 is 2.70 bits per heavy atom. The van der Waals surface area contributed by atoms with Gasteiger partial charge in [-0.3, -0.25) is 0 Å². The highest BCUT2D eigenvalue weighted by Crippen LogP contribution is 2.33. The van der Waals surface area contributed by atoms with Gasteiger partial charge >= 0.3 is 5.97 Å². The van der Waals surface area contributed by atoms with E-state index in [0.29, 0.717) is 10.6 Å². The maximum Gasteiger partial charge on any atom is 0.347 e. The van der Waals surface area contributed by atoms with Gasteiger partial charge in [-0.15, -0.1) is 0 Å². The van der Waals surface area contributed by atoms with Crippen LogP contribution in [0.1, 0.15) is 49.0 Å². The van der Waals surface area contributed by atoms with Gasteiger partial charge in [0.1, 0.15) is 4.88 Å². The number of rotatable bonds is 4. The monoisotopic (exact) mass is 298 g/mol. The molecule has 112 valence electrons. The van der Waals surface area contributed by atoms with Crippen LogP contribution < -0.4 is 4.90 Å². The zero-order valence-corrected chi connectivity index (χ0v) is 13.3. The van der Waals surface area contributed by atoms with Crippen LogP contribution in [0, 0.1) is 0 Å². The number of anilines is 1. The molecule has 1 aromatic heterocycles. The molecule has 2 heterocycles. The van der Waals surface area contributed by atoms with E-state index >= 15 is 0 Å². The van der Waals surface area contributed by atoms with E-state index in [2.05, 4.69) is 4.98 Å². The minimum atomic E-state index is -0.899. The van der Waals surface area contributed by atoms with Crippen molar-refractivity contribution in [2.75, 3.05) is 25.1 Å². The molecule has 1 N–H and O–H groups in total. The molecule has 0 spiro atoms. The van der Waals surface area contributed by atoms with Gasteiger partial charge in [0.15, 0.2) is 5.13 Å². The lowest BCUT2D eigenvalue weighted by Gasteiger charge is -2.20. The van der Waals surface area contributed by atoms with Gasteiger partial charge in [-0.05, 0) is 12.8 Å². The Balaban J connectivity index is 2.21. The first kappa shape index (κ1) is 15.3. The van der Waals surface area contributed by atoms with Crippen molar-refractivity contribution in [3.63, 3.8) is 0 Å². The number of aromatic nitrogens is 1. The number of carboxylic acids is 1. The summed E-state index contributed by atoms with van der Waals surface area (Å²) in [5, 5.41) is 10.1. The lowest BCUT2D eigenvalue weighted by molar-refractivity contribution is 0.0699. The second-order valence-electron chi connectivity index (χ2n) is 6.24. The number of nitrogens with zero attached hydrogens (tertiary/aromatic N) is 2. The molecule has 0 saturated carbocycles. The summed E-state index contributed by atoms with van der Waals surface area (Å²) in [6.45, 7) is 7.54. The Hall–Kier alpha value is -1.14. The zero-order chi connectivity index (χ0) is 14.9. The van der Waals surface area contributed by atoms with E-state index in [4.69, 9.17) is 4.74 Å². The van der Waals surface area contributed by atoms with Crippen molar-refractivity contribution in [2.24, 2.45) is 0 Å². The van der Waals surface area contributed by atoms with Crippen molar-refractivity contribution >= 4 is 22.4 Å². The third kappa shape index (κ3) is 3.30. The first-order valence-corrected chi connectivity index (χ1v) is 7.68. The molecule has 1 aromatic rings. The van der Waals surface area contributed by atoms with Crippen molar-refractivity contribution < 1.29 is 14.6 Å². The quantitative estimate of drug-likeness (QED) is 0.926. The van der Waals surface area contributed by atoms with Crippen LogP contribution in [0.5, 0.6) is 0 Å². The smallest absolute Gasteiger partial charge is 0.347 e. The van der Waals surface area contributed by atoms with Crippen molar-refractivity contribution in [3.8, 4) is 0 Å². The predicted molar refractivity (Wildman–Crippen MR) is 80.0 cm³/mol. The summed E-state index contributed by atoms with van der Waals surface area (Å²) < 4.78 is 5.62. The van der Waals surface area contributed by atoms with Gasteiger partial charge in [0, 0.05) is 25.6 Å². The van der Waals surface area contributed by atoms with Crippen molar-refractivity contribution in [2.45, 2.75) is 45.1 Å². The minimum Gasteiger partial charge on any atom is -0.477 e. The van der Waals surface area contributed by atoms with Gasteiger partial charge < -0.3 is 14.7 Å². The van der Waals surface area contributed by atoms with E-state index < -0.39 is 5.97 Å². The number of likely N-dealkylation sites (N-methyl/N-ethyl adjacent to an activating group) is 1. The van der Waals surface area contributed by atoms with E-state index in [1.165, 1.54) is 11.3 Å². The molecule has 1 aliphatic heterocycles. The Morgan fingerprint density at radius 1 is 1.55 bits per heavy atom. The molecule has 1 atom stereocenters. The van der Waals surface area contributed by atoms with Gasteiger partial charge in [-0.2, -0.15) is 0 Å². The summed E-state index contributed by atoms with van der Waals surface area (Å²) in [6, 6.07) is 0. The van der Waals surface area contributed by atoms with Crippen LogP contribution in [0.3, 0.4) is 0 Å². The third-order valence-corrected chi connectivity index (χ3v) is 4.51. The van der Waals surface area contributed by atoms with Crippen LogP contribution in [0.4, 0.5) is 5.13 Å². The van der Waals surface area contributed by atoms with Gasteiger partial charge in [-0.25, -0.2) is 9.78 Å². The molecule has 6 heteroatoms. The fraction of sp³-hybridized carbons (Fsp3) is 0.714. The lowest BCUT2D eigenvalue weighted by atomic mass is 9.91. The molecular weight excluding hydrogens is 276 g/mol. The molecule has 1 saturated heterocycles. The number of ether oxygens (including phenoxy) is 1. The van der Waals surface area contributed by atoms with E-state index in [1.54, 1.807) is 0 Å². The molecule has 1 fully saturated rings. The molecule has 0 aliphatic carbocycles. The van der Waals surface area contributed by atoms with Gasteiger partial charge in [0.05, 0.1) is 11.8 Å². The maximum atomic E-state index is 11.4. The molecule has 1 unspecified atom stereocenters. The largest absolute Gasteiger partial charge is 0.477 e. The normalized spacial score (nSPS) is 19.3. The summed E-state index contributed by atoms with van der Waals surface area (Å²) in [5.74, 6) is -0.899. The molecule has 20 heavy (non-hydrogen) atoms. The molecule has 2 rings (SSSR count). The Kier molecular flexibility index (Phi) is 4.34. The number of carboxylic acid groups (broad SMARTS) is 1. The van der Waals surface area contributed by atoms with Crippen LogP contribution in [0.2, 0.25) is 0 Å². The van der Waals surface area contributed by atoms with Crippen LogP contribution >= 0.6 is 11.3 Å². The molecule has 0 radical (unpaired) electrons. The van der Waals surface area contributed by atoms with E-state index in [-0.39, 0.29) is 11.5 Å². The number of hydrogen-bond acceptors (Lipinski definition) is 5. The van der Waals surface area contributed by atoms with E-state index in [0.717, 1.165) is 31.1 Å².